The van der Waals surface area contributed by atoms with Crippen LogP contribution in [0.15, 0.2) is 23.3 Å². The number of allylic oxidation sites excluding steroid dienone is 3. The molecular formula is C8H12O2. The average Bonchev–Trinajstić information content (AvgIpc) is 1.87. The van der Waals surface area contributed by atoms with Gasteiger partial charge in [0.25, 0.3) is 0 Å². The van der Waals surface area contributed by atoms with E-state index in [4.69, 9.17) is 5.11 Å². The van der Waals surface area contributed by atoms with Gasteiger partial charge in [0.1, 0.15) is 0 Å². The summed E-state index contributed by atoms with van der Waals surface area (Å²) in [4.78, 5) is 10.3. The number of hydrogen-bond acceptors (Lipinski definition) is 1. The molecule has 0 fully saturated rings. The standard InChI is InChI=1S/C8H12O2/c1-4-5-6(2)7(3)8(9)10/h4-5H,1-3H3,(H,9,10)/b5-4+,7-6+. The van der Waals surface area contributed by atoms with Gasteiger partial charge < -0.3 is 5.11 Å². The van der Waals surface area contributed by atoms with Crippen LogP contribution >= 0.6 is 0 Å². The molecule has 1 N–H and O–H groups in total. The van der Waals surface area contributed by atoms with Crippen molar-refractivity contribution in [3.63, 3.8) is 0 Å². The van der Waals surface area contributed by atoms with Gasteiger partial charge in [-0.25, -0.2) is 4.79 Å². The summed E-state index contributed by atoms with van der Waals surface area (Å²) in [6.07, 6.45) is 3.60. The first-order valence-electron chi connectivity index (χ1n) is 3.13. The van der Waals surface area contributed by atoms with E-state index in [-0.39, 0.29) is 0 Å². The van der Waals surface area contributed by atoms with Crippen molar-refractivity contribution in [2.24, 2.45) is 0 Å². The van der Waals surface area contributed by atoms with Gasteiger partial charge in [0, 0.05) is 5.57 Å². The average molecular weight is 140 g/mol. The third-order valence-corrected chi connectivity index (χ3v) is 1.33. The second-order valence-corrected chi connectivity index (χ2v) is 2.11. The van der Waals surface area contributed by atoms with Gasteiger partial charge in [0.15, 0.2) is 0 Å². The van der Waals surface area contributed by atoms with E-state index < -0.39 is 5.97 Å². The lowest BCUT2D eigenvalue weighted by molar-refractivity contribution is -0.132. The predicted molar refractivity (Wildman–Crippen MR) is 40.8 cm³/mol. The molecule has 0 aromatic heterocycles. The number of aliphatic carboxylic acids is 1. The van der Waals surface area contributed by atoms with Gasteiger partial charge in [-0.05, 0) is 26.3 Å². The highest BCUT2D eigenvalue weighted by molar-refractivity contribution is 5.87. The highest BCUT2D eigenvalue weighted by Crippen LogP contribution is 2.03. The fourth-order valence-corrected chi connectivity index (χ4v) is 0.544. The van der Waals surface area contributed by atoms with E-state index in [1.807, 2.05) is 13.0 Å². The van der Waals surface area contributed by atoms with Crippen LogP contribution in [0.5, 0.6) is 0 Å². The van der Waals surface area contributed by atoms with Crippen molar-refractivity contribution in [2.75, 3.05) is 0 Å². The first-order chi connectivity index (χ1) is 4.59. The minimum Gasteiger partial charge on any atom is -0.478 e. The van der Waals surface area contributed by atoms with Gasteiger partial charge in [-0.1, -0.05) is 12.2 Å². The summed E-state index contributed by atoms with van der Waals surface area (Å²) in [6.45, 7) is 5.24. The van der Waals surface area contributed by atoms with Crippen LogP contribution in [0.2, 0.25) is 0 Å². The van der Waals surface area contributed by atoms with Crippen molar-refractivity contribution in [3.8, 4) is 0 Å². The molecule has 0 saturated heterocycles. The summed E-state index contributed by atoms with van der Waals surface area (Å²) in [6, 6.07) is 0. The largest absolute Gasteiger partial charge is 0.478 e. The zero-order valence-corrected chi connectivity index (χ0v) is 6.51. The summed E-state index contributed by atoms with van der Waals surface area (Å²) >= 11 is 0. The van der Waals surface area contributed by atoms with Gasteiger partial charge >= 0.3 is 5.97 Å². The second kappa shape index (κ2) is 3.88. The van der Waals surface area contributed by atoms with E-state index >= 15 is 0 Å². The number of carboxylic acids is 1. The summed E-state index contributed by atoms with van der Waals surface area (Å²) in [5.41, 5.74) is 1.20. The third-order valence-electron chi connectivity index (χ3n) is 1.33. The van der Waals surface area contributed by atoms with Crippen LogP contribution in [0.25, 0.3) is 0 Å². The molecule has 0 bridgehead atoms. The summed E-state index contributed by atoms with van der Waals surface area (Å²) in [7, 11) is 0. The van der Waals surface area contributed by atoms with Crippen molar-refractivity contribution in [2.45, 2.75) is 20.8 Å². The van der Waals surface area contributed by atoms with E-state index in [0.29, 0.717) is 5.57 Å². The van der Waals surface area contributed by atoms with Crippen LogP contribution in [-0.2, 0) is 4.79 Å². The Balaban J connectivity index is 4.50. The van der Waals surface area contributed by atoms with Crippen molar-refractivity contribution in [1.82, 2.24) is 0 Å². The molecule has 0 spiro atoms. The highest BCUT2D eigenvalue weighted by Gasteiger charge is 2.00. The first-order valence-corrected chi connectivity index (χ1v) is 3.13. The second-order valence-electron chi connectivity index (χ2n) is 2.11. The molecule has 56 valence electrons. The third kappa shape index (κ3) is 2.49. The van der Waals surface area contributed by atoms with Crippen molar-refractivity contribution < 1.29 is 9.90 Å². The molecule has 0 rings (SSSR count). The Labute approximate surface area is 60.9 Å². The Morgan fingerprint density at radius 2 is 1.90 bits per heavy atom. The van der Waals surface area contributed by atoms with Crippen molar-refractivity contribution in [3.05, 3.63) is 23.3 Å². The number of carbonyl (C=O) groups is 1. The van der Waals surface area contributed by atoms with Crippen LogP contribution in [0.4, 0.5) is 0 Å². The minimum absolute atomic E-state index is 0.401. The minimum atomic E-state index is -0.851. The predicted octanol–water partition coefficient (Wildman–Crippen LogP) is 1.98. The van der Waals surface area contributed by atoms with Gasteiger partial charge in [-0.15, -0.1) is 0 Å². The van der Waals surface area contributed by atoms with Gasteiger partial charge in [-0.3, -0.25) is 0 Å². The number of rotatable bonds is 2. The Hall–Kier alpha value is -1.05. The maximum absolute atomic E-state index is 10.3. The number of hydrogen-bond donors (Lipinski definition) is 1. The van der Waals surface area contributed by atoms with Crippen LogP contribution in [0.3, 0.4) is 0 Å². The summed E-state index contributed by atoms with van der Waals surface area (Å²) < 4.78 is 0. The van der Waals surface area contributed by atoms with Crippen LogP contribution in [0.1, 0.15) is 20.8 Å². The highest BCUT2D eigenvalue weighted by atomic mass is 16.4. The van der Waals surface area contributed by atoms with E-state index in [1.54, 1.807) is 19.9 Å². The summed E-state index contributed by atoms with van der Waals surface area (Å²) in [5.74, 6) is -0.851. The lowest BCUT2D eigenvalue weighted by Crippen LogP contribution is -1.97. The van der Waals surface area contributed by atoms with Crippen LogP contribution < -0.4 is 0 Å². The maximum Gasteiger partial charge on any atom is 0.331 e. The van der Waals surface area contributed by atoms with E-state index in [2.05, 4.69) is 0 Å². The molecule has 0 aromatic rings. The Kier molecular flexibility index (Phi) is 3.47. The Bertz CT molecular complexity index is 187. The normalized spacial score (nSPS) is 13.5. The topological polar surface area (TPSA) is 37.3 Å². The molecule has 2 nitrogen and oxygen atoms in total. The van der Waals surface area contributed by atoms with E-state index in [9.17, 15) is 4.79 Å². The molecule has 0 aliphatic heterocycles. The molecule has 0 unspecified atom stereocenters. The Morgan fingerprint density at radius 3 is 2.20 bits per heavy atom. The molecular weight excluding hydrogens is 128 g/mol. The van der Waals surface area contributed by atoms with Crippen molar-refractivity contribution >= 4 is 5.97 Å². The zero-order valence-electron chi connectivity index (χ0n) is 6.51. The summed E-state index contributed by atoms with van der Waals surface area (Å²) in [5, 5.41) is 8.49. The fourth-order valence-electron chi connectivity index (χ4n) is 0.544. The van der Waals surface area contributed by atoms with Crippen LogP contribution in [-0.4, -0.2) is 11.1 Å². The van der Waals surface area contributed by atoms with Crippen LogP contribution in [0, 0.1) is 0 Å². The molecule has 0 aromatic carbocycles. The lowest BCUT2D eigenvalue weighted by Gasteiger charge is -1.95. The molecule has 0 aliphatic rings. The molecule has 0 atom stereocenters. The maximum atomic E-state index is 10.3. The fraction of sp³-hybridized carbons (Fsp3) is 0.375. The van der Waals surface area contributed by atoms with Crippen molar-refractivity contribution in [1.29, 1.82) is 0 Å². The molecule has 0 aliphatic carbocycles. The van der Waals surface area contributed by atoms with Gasteiger partial charge in [-0.2, -0.15) is 0 Å². The first kappa shape index (κ1) is 8.95. The molecule has 2 heteroatoms. The smallest absolute Gasteiger partial charge is 0.331 e. The van der Waals surface area contributed by atoms with Gasteiger partial charge in [0.05, 0.1) is 0 Å². The Morgan fingerprint density at radius 1 is 1.40 bits per heavy atom. The monoisotopic (exact) mass is 140 g/mol. The van der Waals surface area contributed by atoms with E-state index in [0.717, 1.165) is 5.57 Å². The van der Waals surface area contributed by atoms with E-state index in [1.165, 1.54) is 0 Å². The molecule has 0 saturated carbocycles. The molecule has 0 radical (unpaired) electrons. The quantitative estimate of drug-likeness (QED) is 0.470. The lowest BCUT2D eigenvalue weighted by atomic mass is 10.1. The molecule has 0 heterocycles. The zero-order chi connectivity index (χ0) is 8.15. The number of carboxylic acid groups (broad SMARTS) is 1. The van der Waals surface area contributed by atoms with Gasteiger partial charge in [0.2, 0.25) is 0 Å². The molecule has 0 amide bonds. The SMILES string of the molecule is C/C=C/C(C)=C(\C)C(=O)O. The molecule has 10 heavy (non-hydrogen) atoms.